The molecule has 1 aliphatic carbocycles. The van der Waals surface area contributed by atoms with Crippen LogP contribution in [0.4, 0.5) is 11.4 Å². The molecule has 2 aliphatic rings. The molecule has 1 saturated carbocycles. The first-order chi connectivity index (χ1) is 14.9. The Morgan fingerprint density at radius 1 is 1.16 bits per heavy atom. The largest absolute Gasteiger partial charge is 0.454 e. The van der Waals surface area contributed by atoms with Crippen molar-refractivity contribution >= 4 is 46.4 Å². The van der Waals surface area contributed by atoms with E-state index in [1.54, 1.807) is 12.1 Å². The summed E-state index contributed by atoms with van der Waals surface area (Å²) in [7, 11) is 0. The zero-order valence-corrected chi connectivity index (χ0v) is 17.3. The lowest BCUT2D eigenvalue weighted by Crippen LogP contribution is -2.40. The summed E-state index contributed by atoms with van der Waals surface area (Å²) in [5, 5.41) is 9.06. The Morgan fingerprint density at radius 2 is 1.90 bits per heavy atom. The highest BCUT2D eigenvalue weighted by Gasteiger charge is 2.51. The molecule has 0 saturated heterocycles. The molecule has 0 bridgehead atoms. The Morgan fingerprint density at radius 3 is 2.52 bits per heavy atom. The third-order valence-electron chi connectivity index (χ3n) is 5.53. The smallest absolute Gasteiger partial charge is 0.439 e. The van der Waals surface area contributed by atoms with Crippen molar-refractivity contribution in [3.63, 3.8) is 0 Å². The summed E-state index contributed by atoms with van der Waals surface area (Å²) < 4.78 is 10.2. The minimum atomic E-state index is -0.847. The number of hydrogen-bond acceptors (Lipinski definition) is 6. The van der Waals surface area contributed by atoms with Crippen molar-refractivity contribution in [2.45, 2.75) is 24.7 Å². The number of nitrogens with zero attached hydrogens (tertiary/aromatic N) is 1. The Hall–Kier alpha value is -3.30. The molecule has 31 heavy (non-hydrogen) atoms. The summed E-state index contributed by atoms with van der Waals surface area (Å²) in [5.41, 5.74) is 1.50. The van der Waals surface area contributed by atoms with Crippen LogP contribution >= 0.6 is 23.2 Å². The minimum absolute atomic E-state index is 0.0236. The normalized spacial score (nSPS) is 15.9. The summed E-state index contributed by atoms with van der Waals surface area (Å²) >= 11 is 12.7. The van der Waals surface area contributed by atoms with Crippen LogP contribution in [0.5, 0.6) is 11.5 Å². The van der Waals surface area contributed by atoms with Crippen LogP contribution in [-0.2, 0) is 10.2 Å². The van der Waals surface area contributed by atoms with E-state index in [2.05, 4.69) is 25.3 Å². The maximum Gasteiger partial charge on any atom is 0.439 e. The van der Waals surface area contributed by atoms with Crippen LogP contribution in [0, 0.1) is 0 Å². The fourth-order valence-corrected chi connectivity index (χ4v) is 4.41. The van der Waals surface area contributed by atoms with Gasteiger partial charge in [0.25, 0.3) is 5.91 Å². The lowest BCUT2D eigenvalue weighted by atomic mass is 9.65. The molecular weight excluding hydrogens is 447 g/mol. The highest BCUT2D eigenvalue weighted by atomic mass is 35.5. The predicted octanol–water partition coefficient (Wildman–Crippen LogP) is 4.09. The number of hydrogen-bond donors (Lipinski definition) is 3. The summed E-state index contributed by atoms with van der Waals surface area (Å²) in [5.74, 6) is -1.12. The molecule has 9 nitrogen and oxygen atoms in total. The molecule has 1 aromatic heterocycles. The number of nitrogens with one attached hydrogen (secondary N) is 3. The van der Waals surface area contributed by atoms with Crippen LogP contribution in [0.2, 0.25) is 10.0 Å². The quantitative estimate of drug-likeness (QED) is 0.538. The van der Waals surface area contributed by atoms with E-state index in [0.29, 0.717) is 5.75 Å². The number of H-pyrrole nitrogens is 1. The monoisotopic (exact) mass is 460 g/mol. The summed E-state index contributed by atoms with van der Waals surface area (Å²) in [6, 6.07) is 8.25. The van der Waals surface area contributed by atoms with Gasteiger partial charge in [0.2, 0.25) is 11.7 Å². The van der Waals surface area contributed by atoms with Crippen molar-refractivity contribution in [2.75, 3.05) is 10.6 Å². The zero-order valence-electron chi connectivity index (χ0n) is 15.8. The fraction of sp³-hybridized carbons (Fsp3) is 0.200. The lowest BCUT2D eigenvalue weighted by molar-refractivity contribution is -0.123. The second-order valence-electron chi connectivity index (χ2n) is 7.37. The number of aromatic nitrogens is 2. The number of fused-ring (bicyclic) bond motifs is 2. The van der Waals surface area contributed by atoms with Crippen molar-refractivity contribution in [1.82, 2.24) is 10.1 Å². The van der Waals surface area contributed by atoms with E-state index >= 15 is 0 Å². The van der Waals surface area contributed by atoms with E-state index in [4.69, 9.17) is 27.9 Å². The van der Waals surface area contributed by atoms with E-state index in [-0.39, 0.29) is 33.2 Å². The third-order valence-corrected chi connectivity index (χ3v) is 6.09. The number of ether oxygens (including phenoxy) is 1. The molecule has 1 spiro atoms. The average molecular weight is 461 g/mol. The number of carbonyl (C=O) groups excluding carboxylic acids is 2. The molecule has 2 amide bonds. The maximum absolute atomic E-state index is 12.4. The standard InChI is InChI=1S/C20H14Cl2N4O5/c21-12-6-9(23-17(27)16-25-19(29)31-26-16)7-13(22)15(12)30-10-2-3-14-11(8-10)20(4-1-5-20)18(28)24-14/h2-3,6-8H,1,4-5H2,(H,23,27)(H,24,28)(H,25,26,29). The number of anilines is 2. The molecule has 2 heterocycles. The Kier molecular flexibility index (Phi) is 4.53. The van der Waals surface area contributed by atoms with Crippen molar-refractivity contribution in [1.29, 1.82) is 0 Å². The molecule has 2 aromatic carbocycles. The molecule has 3 aromatic rings. The Bertz CT molecular complexity index is 1270. The van der Waals surface area contributed by atoms with E-state index < -0.39 is 17.1 Å². The maximum atomic E-state index is 12.4. The number of amides is 2. The van der Waals surface area contributed by atoms with Crippen LogP contribution < -0.4 is 21.1 Å². The number of aromatic amines is 1. The van der Waals surface area contributed by atoms with Crippen LogP contribution in [0.1, 0.15) is 35.4 Å². The predicted molar refractivity (Wildman–Crippen MR) is 112 cm³/mol. The number of halogens is 2. The highest BCUT2D eigenvalue weighted by Crippen LogP contribution is 2.52. The number of benzene rings is 2. The van der Waals surface area contributed by atoms with Crippen molar-refractivity contribution < 1.29 is 18.8 Å². The van der Waals surface area contributed by atoms with Gasteiger partial charge in [-0.2, -0.15) is 0 Å². The topological polar surface area (TPSA) is 126 Å². The highest BCUT2D eigenvalue weighted by molar-refractivity contribution is 6.37. The van der Waals surface area contributed by atoms with Gasteiger partial charge in [-0.3, -0.25) is 19.1 Å². The first kappa shape index (κ1) is 19.7. The van der Waals surface area contributed by atoms with Gasteiger partial charge in [-0.1, -0.05) is 29.6 Å². The molecule has 1 aliphatic heterocycles. The molecule has 11 heteroatoms. The van der Waals surface area contributed by atoms with Gasteiger partial charge < -0.3 is 15.4 Å². The van der Waals surface area contributed by atoms with Crippen LogP contribution in [-0.4, -0.2) is 22.0 Å². The van der Waals surface area contributed by atoms with Gasteiger partial charge in [0.15, 0.2) is 5.75 Å². The van der Waals surface area contributed by atoms with E-state index in [9.17, 15) is 14.4 Å². The molecule has 1 fully saturated rings. The zero-order chi connectivity index (χ0) is 21.8. The molecule has 158 valence electrons. The van der Waals surface area contributed by atoms with Crippen LogP contribution in [0.15, 0.2) is 39.6 Å². The number of carbonyl (C=O) groups is 2. The van der Waals surface area contributed by atoms with Crippen molar-refractivity contribution in [3.8, 4) is 11.5 Å². The Labute approximate surface area is 184 Å². The molecule has 0 atom stereocenters. The van der Waals surface area contributed by atoms with Crippen molar-refractivity contribution in [3.05, 3.63) is 62.3 Å². The second-order valence-corrected chi connectivity index (χ2v) is 8.18. The summed E-state index contributed by atoms with van der Waals surface area (Å²) in [4.78, 5) is 37.6. The summed E-state index contributed by atoms with van der Waals surface area (Å²) in [6.07, 6.45) is 2.62. The van der Waals surface area contributed by atoms with E-state index in [1.807, 2.05) is 6.07 Å². The second kappa shape index (κ2) is 7.14. The van der Waals surface area contributed by atoms with Gasteiger partial charge in [0, 0.05) is 11.4 Å². The van der Waals surface area contributed by atoms with Crippen LogP contribution in [0.3, 0.4) is 0 Å². The van der Waals surface area contributed by atoms with E-state index in [0.717, 1.165) is 30.5 Å². The lowest BCUT2D eigenvalue weighted by Gasteiger charge is -2.36. The Balaban J connectivity index is 1.39. The van der Waals surface area contributed by atoms with E-state index in [1.165, 1.54) is 12.1 Å². The van der Waals surface area contributed by atoms with Crippen LogP contribution in [0.25, 0.3) is 0 Å². The van der Waals surface area contributed by atoms with Gasteiger partial charge in [0.1, 0.15) is 5.75 Å². The van der Waals surface area contributed by atoms with Gasteiger partial charge >= 0.3 is 5.76 Å². The SMILES string of the molecule is O=C(Nc1cc(Cl)c(Oc2ccc3c(c2)C2(CCC2)C(=O)N3)c(Cl)c1)c1noc(=O)[nH]1. The average Bonchev–Trinajstić information content (AvgIpc) is 3.24. The molecule has 5 rings (SSSR count). The minimum Gasteiger partial charge on any atom is -0.454 e. The molecular formula is C20H14Cl2N4O5. The third kappa shape index (κ3) is 3.26. The van der Waals surface area contributed by atoms with Gasteiger partial charge in [-0.15, -0.1) is 0 Å². The van der Waals surface area contributed by atoms with Gasteiger partial charge in [-0.05, 0) is 53.9 Å². The molecule has 3 N–H and O–H groups in total. The molecule has 0 unspecified atom stereocenters. The van der Waals surface area contributed by atoms with Crippen molar-refractivity contribution in [2.24, 2.45) is 0 Å². The first-order valence-corrected chi connectivity index (χ1v) is 10.1. The first-order valence-electron chi connectivity index (χ1n) is 9.36. The number of rotatable bonds is 4. The fourth-order valence-electron chi connectivity index (χ4n) is 3.85. The van der Waals surface area contributed by atoms with Gasteiger partial charge in [-0.25, -0.2) is 4.79 Å². The van der Waals surface area contributed by atoms with Gasteiger partial charge in [0.05, 0.1) is 15.5 Å². The molecule has 0 radical (unpaired) electrons. The summed E-state index contributed by atoms with van der Waals surface area (Å²) in [6.45, 7) is 0.